The largest absolute Gasteiger partial charge is 0.493 e. The van der Waals surface area contributed by atoms with Crippen LogP contribution in [-0.2, 0) is 0 Å². The molecule has 0 bridgehead atoms. The minimum absolute atomic E-state index is 0.0804. The summed E-state index contributed by atoms with van der Waals surface area (Å²) in [5.41, 5.74) is 0.614. The fraction of sp³-hybridized carbons (Fsp3) is 0.364. The Bertz CT molecular complexity index is 361. The maximum absolute atomic E-state index is 10.7. The van der Waals surface area contributed by atoms with Crippen LogP contribution in [0.25, 0.3) is 0 Å². The predicted octanol–water partition coefficient (Wildman–Crippen LogP) is 2.90. The molecule has 0 aliphatic carbocycles. The maximum atomic E-state index is 10.7. The first-order valence-electron chi connectivity index (χ1n) is 4.57. The zero-order valence-electron chi connectivity index (χ0n) is 8.91. The van der Waals surface area contributed by atoms with Crippen LogP contribution in [0.2, 0.25) is 0 Å². The molecule has 0 aliphatic rings. The summed E-state index contributed by atoms with van der Waals surface area (Å²) in [6.07, 6.45) is 0.889. The van der Waals surface area contributed by atoms with E-state index >= 15 is 0 Å². The van der Waals surface area contributed by atoms with Crippen LogP contribution >= 0.6 is 22.6 Å². The summed E-state index contributed by atoms with van der Waals surface area (Å²) in [7, 11) is 1.56. The van der Waals surface area contributed by atoms with Gasteiger partial charge in [-0.05, 0) is 48.6 Å². The highest BCUT2D eigenvalue weighted by Crippen LogP contribution is 2.31. The standard InChI is InChI=1S/C11H13IO3/c1-7(2)15-11-5-9(12)8(6-13)4-10(11)14-3/h4-7H,1-3H3. The minimum Gasteiger partial charge on any atom is -0.493 e. The Morgan fingerprint density at radius 2 is 2.00 bits per heavy atom. The van der Waals surface area contributed by atoms with Gasteiger partial charge in [-0.1, -0.05) is 0 Å². The number of benzene rings is 1. The lowest BCUT2D eigenvalue weighted by Gasteiger charge is -2.14. The molecule has 0 saturated carbocycles. The van der Waals surface area contributed by atoms with Crippen molar-refractivity contribution in [1.82, 2.24) is 0 Å². The van der Waals surface area contributed by atoms with Gasteiger partial charge in [-0.25, -0.2) is 0 Å². The number of hydrogen-bond acceptors (Lipinski definition) is 3. The first-order chi connectivity index (χ1) is 7.08. The average molecular weight is 320 g/mol. The number of hydrogen-bond donors (Lipinski definition) is 0. The summed E-state index contributed by atoms with van der Waals surface area (Å²) in [5.74, 6) is 1.26. The van der Waals surface area contributed by atoms with Gasteiger partial charge in [-0.3, -0.25) is 4.79 Å². The van der Waals surface area contributed by atoms with Gasteiger partial charge < -0.3 is 9.47 Å². The number of carbonyl (C=O) groups excluding carboxylic acids is 1. The Morgan fingerprint density at radius 3 is 2.47 bits per heavy atom. The van der Waals surface area contributed by atoms with Crippen LogP contribution in [-0.4, -0.2) is 19.5 Å². The molecule has 0 heterocycles. The lowest BCUT2D eigenvalue weighted by Crippen LogP contribution is -2.07. The summed E-state index contributed by atoms with van der Waals surface area (Å²) in [4.78, 5) is 10.7. The molecule has 82 valence electrons. The molecule has 1 rings (SSSR count). The Morgan fingerprint density at radius 1 is 1.33 bits per heavy atom. The van der Waals surface area contributed by atoms with Crippen molar-refractivity contribution >= 4 is 28.9 Å². The van der Waals surface area contributed by atoms with Crippen LogP contribution < -0.4 is 9.47 Å². The molecule has 1 aromatic rings. The van der Waals surface area contributed by atoms with Crippen molar-refractivity contribution in [2.75, 3.05) is 7.11 Å². The zero-order chi connectivity index (χ0) is 11.4. The second-order valence-electron chi connectivity index (χ2n) is 3.31. The van der Waals surface area contributed by atoms with E-state index in [-0.39, 0.29) is 6.10 Å². The topological polar surface area (TPSA) is 35.5 Å². The van der Waals surface area contributed by atoms with Gasteiger partial charge in [0.1, 0.15) is 0 Å². The average Bonchev–Trinajstić information content (AvgIpc) is 2.17. The van der Waals surface area contributed by atoms with E-state index < -0.39 is 0 Å². The molecule has 0 saturated heterocycles. The van der Waals surface area contributed by atoms with Gasteiger partial charge in [-0.15, -0.1) is 0 Å². The summed E-state index contributed by atoms with van der Waals surface area (Å²) in [6, 6.07) is 3.50. The van der Waals surface area contributed by atoms with Crippen LogP contribution in [0, 0.1) is 3.57 Å². The van der Waals surface area contributed by atoms with Gasteiger partial charge in [0.05, 0.1) is 13.2 Å². The van der Waals surface area contributed by atoms with Crippen molar-refractivity contribution in [2.24, 2.45) is 0 Å². The van der Waals surface area contributed by atoms with Gasteiger partial charge in [0.15, 0.2) is 17.8 Å². The summed E-state index contributed by atoms with van der Waals surface area (Å²) in [6.45, 7) is 3.89. The van der Waals surface area contributed by atoms with Gasteiger partial charge in [0.2, 0.25) is 0 Å². The number of aldehydes is 1. The number of rotatable bonds is 4. The lowest BCUT2D eigenvalue weighted by atomic mass is 10.2. The Kier molecular flexibility index (Phi) is 4.38. The van der Waals surface area contributed by atoms with Crippen molar-refractivity contribution in [3.8, 4) is 11.5 Å². The molecule has 4 heteroatoms. The highest BCUT2D eigenvalue weighted by atomic mass is 127. The van der Waals surface area contributed by atoms with E-state index in [0.29, 0.717) is 17.1 Å². The molecule has 0 aromatic heterocycles. The van der Waals surface area contributed by atoms with Crippen LogP contribution in [0.15, 0.2) is 12.1 Å². The summed E-state index contributed by atoms with van der Waals surface area (Å²) >= 11 is 2.10. The smallest absolute Gasteiger partial charge is 0.162 e. The van der Waals surface area contributed by atoms with Crippen LogP contribution in [0.1, 0.15) is 24.2 Å². The quantitative estimate of drug-likeness (QED) is 0.632. The number of methoxy groups -OCH3 is 1. The van der Waals surface area contributed by atoms with Crippen LogP contribution in [0.3, 0.4) is 0 Å². The van der Waals surface area contributed by atoms with E-state index in [0.717, 1.165) is 9.86 Å². The third-order valence-corrected chi connectivity index (χ3v) is 2.71. The van der Waals surface area contributed by atoms with Crippen molar-refractivity contribution in [3.05, 3.63) is 21.3 Å². The number of ether oxygens (including phenoxy) is 2. The lowest BCUT2D eigenvalue weighted by molar-refractivity contribution is 0.112. The fourth-order valence-electron chi connectivity index (χ4n) is 1.15. The minimum atomic E-state index is 0.0804. The van der Waals surface area contributed by atoms with E-state index in [1.54, 1.807) is 13.2 Å². The maximum Gasteiger partial charge on any atom is 0.162 e. The molecule has 0 spiro atoms. The van der Waals surface area contributed by atoms with E-state index in [1.165, 1.54) is 0 Å². The number of halogens is 1. The Hall–Kier alpha value is -0.780. The molecular formula is C11H13IO3. The van der Waals surface area contributed by atoms with Crippen LogP contribution in [0.4, 0.5) is 0 Å². The van der Waals surface area contributed by atoms with Gasteiger partial charge in [0.25, 0.3) is 0 Å². The molecule has 1 aromatic carbocycles. The Labute approximate surface area is 103 Å². The van der Waals surface area contributed by atoms with Crippen LogP contribution in [0.5, 0.6) is 11.5 Å². The van der Waals surface area contributed by atoms with E-state index in [4.69, 9.17) is 9.47 Å². The van der Waals surface area contributed by atoms with Crippen molar-refractivity contribution in [3.63, 3.8) is 0 Å². The third-order valence-electron chi connectivity index (χ3n) is 1.77. The molecule has 0 N–H and O–H groups in total. The summed E-state index contributed by atoms with van der Waals surface area (Å²) < 4.78 is 11.6. The molecule has 15 heavy (non-hydrogen) atoms. The van der Waals surface area contributed by atoms with E-state index in [9.17, 15) is 4.79 Å². The van der Waals surface area contributed by atoms with Crippen molar-refractivity contribution in [2.45, 2.75) is 20.0 Å². The van der Waals surface area contributed by atoms with E-state index in [2.05, 4.69) is 22.6 Å². The Balaban J connectivity index is 3.15. The van der Waals surface area contributed by atoms with E-state index in [1.807, 2.05) is 19.9 Å². The highest BCUT2D eigenvalue weighted by molar-refractivity contribution is 14.1. The van der Waals surface area contributed by atoms with Gasteiger partial charge in [-0.2, -0.15) is 0 Å². The van der Waals surface area contributed by atoms with Crippen molar-refractivity contribution in [1.29, 1.82) is 0 Å². The molecule has 0 atom stereocenters. The summed E-state index contributed by atoms with van der Waals surface area (Å²) in [5, 5.41) is 0. The zero-order valence-corrected chi connectivity index (χ0v) is 11.1. The number of carbonyl (C=O) groups is 1. The molecule has 3 nitrogen and oxygen atoms in total. The van der Waals surface area contributed by atoms with Crippen molar-refractivity contribution < 1.29 is 14.3 Å². The second kappa shape index (κ2) is 5.34. The highest BCUT2D eigenvalue weighted by Gasteiger charge is 2.10. The first-order valence-corrected chi connectivity index (χ1v) is 5.65. The molecule has 0 unspecified atom stereocenters. The fourth-order valence-corrected chi connectivity index (χ4v) is 1.71. The molecular weight excluding hydrogens is 307 g/mol. The van der Waals surface area contributed by atoms with Gasteiger partial charge >= 0.3 is 0 Å². The predicted molar refractivity (Wildman–Crippen MR) is 66.9 cm³/mol. The molecule has 0 amide bonds. The molecule has 0 aliphatic heterocycles. The van der Waals surface area contributed by atoms with Gasteiger partial charge in [0, 0.05) is 9.13 Å². The molecule has 0 fully saturated rings. The third kappa shape index (κ3) is 3.09. The second-order valence-corrected chi connectivity index (χ2v) is 4.47. The SMILES string of the molecule is COc1cc(C=O)c(I)cc1OC(C)C. The normalized spacial score (nSPS) is 10.2. The molecule has 0 radical (unpaired) electrons. The monoisotopic (exact) mass is 320 g/mol. The first kappa shape index (κ1) is 12.3.